The number of hydrogen-bond donors (Lipinski definition) is 0. The molecule has 1 saturated heterocycles. The Hall–Kier alpha value is -0.610. The molecular formula is C8H14O4. The fourth-order valence-corrected chi connectivity index (χ4v) is 1.06. The molecular weight excluding hydrogens is 160 g/mol. The van der Waals surface area contributed by atoms with Crippen molar-refractivity contribution in [1.82, 2.24) is 0 Å². The van der Waals surface area contributed by atoms with E-state index in [4.69, 9.17) is 9.47 Å². The van der Waals surface area contributed by atoms with Gasteiger partial charge in [-0.3, -0.25) is 4.79 Å². The van der Waals surface area contributed by atoms with Crippen LogP contribution in [0.3, 0.4) is 0 Å². The van der Waals surface area contributed by atoms with Gasteiger partial charge in [0.2, 0.25) is 0 Å². The minimum atomic E-state index is -0.416. The van der Waals surface area contributed by atoms with Crippen LogP contribution in [0.5, 0.6) is 0 Å². The quantitative estimate of drug-likeness (QED) is 0.578. The van der Waals surface area contributed by atoms with Gasteiger partial charge in [-0.25, -0.2) is 0 Å². The number of rotatable bonds is 2. The molecule has 0 aromatic rings. The third kappa shape index (κ3) is 2.79. The summed E-state index contributed by atoms with van der Waals surface area (Å²) in [6, 6.07) is 0. The van der Waals surface area contributed by atoms with Crippen molar-refractivity contribution >= 4 is 5.97 Å². The average Bonchev–Trinajstić information content (AvgIpc) is 2.04. The molecule has 0 aliphatic carbocycles. The van der Waals surface area contributed by atoms with Gasteiger partial charge in [-0.05, 0) is 13.3 Å². The summed E-state index contributed by atoms with van der Waals surface area (Å²) in [4.78, 5) is 10.8. The lowest BCUT2D eigenvalue weighted by molar-refractivity contribution is -0.213. The third-order valence-electron chi connectivity index (χ3n) is 1.77. The molecule has 1 heterocycles. The second-order valence-electron chi connectivity index (χ2n) is 2.82. The summed E-state index contributed by atoms with van der Waals surface area (Å²) in [5.41, 5.74) is 0. The van der Waals surface area contributed by atoms with Crippen LogP contribution in [0.25, 0.3) is 0 Å². The summed E-state index contributed by atoms with van der Waals surface area (Å²) in [6.45, 7) is 2.62. The van der Waals surface area contributed by atoms with E-state index in [2.05, 4.69) is 4.74 Å². The van der Waals surface area contributed by atoms with E-state index in [1.54, 1.807) is 0 Å². The minimum absolute atomic E-state index is 0.174. The van der Waals surface area contributed by atoms with E-state index in [-0.39, 0.29) is 18.5 Å². The molecule has 1 aliphatic rings. The molecule has 0 unspecified atom stereocenters. The number of hydrogen-bond acceptors (Lipinski definition) is 4. The van der Waals surface area contributed by atoms with Gasteiger partial charge in [-0.15, -0.1) is 0 Å². The zero-order valence-corrected chi connectivity index (χ0v) is 7.41. The third-order valence-corrected chi connectivity index (χ3v) is 1.77. The molecule has 0 spiro atoms. The molecule has 4 nitrogen and oxygen atoms in total. The van der Waals surface area contributed by atoms with Crippen LogP contribution >= 0.6 is 0 Å². The second-order valence-corrected chi connectivity index (χ2v) is 2.82. The lowest BCUT2D eigenvalue weighted by Crippen LogP contribution is -2.32. The van der Waals surface area contributed by atoms with Crippen LogP contribution in [-0.2, 0) is 19.0 Å². The first-order valence-electron chi connectivity index (χ1n) is 4.06. The number of carbonyl (C=O) groups is 1. The normalized spacial score (nSPS) is 29.8. The predicted octanol–water partition coefficient (Wildman–Crippen LogP) is 0.701. The molecule has 70 valence electrons. The Kier molecular flexibility index (Phi) is 3.49. The Balaban J connectivity index is 2.27. The fourth-order valence-electron chi connectivity index (χ4n) is 1.06. The summed E-state index contributed by atoms with van der Waals surface area (Å²) < 4.78 is 15.0. The molecule has 12 heavy (non-hydrogen) atoms. The maximum Gasteiger partial charge on any atom is 0.310 e. The zero-order valence-electron chi connectivity index (χ0n) is 7.41. The highest BCUT2D eigenvalue weighted by molar-refractivity contribution is 5.69. The van der Waals surface area contributed by atoms with Crippen LogP contribution in [0.4, 0.5) is 0 Å². The summed E-state index contributed by atoms with van der Waals surface area (Å²) in [5, 5.41) is 0. The summed E-state index contributed by atoms with van der Waals surface area (Å²) in [5.74, 6) is -0.297. The van der Waals surface area contributed by atoms with Gasteiger partial charge in [0, 0.05) is 0 Å². The van der Waals surface area contributed by atoms with Crippen molar-refractivity contribution in [2.75, 3.05) is 13.7 Å². The zero-order chi connectivity index (χ0) is 8.97. The van der Waals surface area contributed by atoms with Crippen LogP contribution in [-0.4, -0.2) is 32.1 Å². The number of ether oxygens (including phenoxy) is 3. The summed E-state index contributed by atoms with van der Waals surface area (Å²) in [7, 11) is 1.36. The molecule has 0 amide bonds. The van der Waals surface area contributed by atoms with Gasteiger partial charge in [-0.1, -0.05) is 0 Å². The molecule has 1 fully saturated rings. The maximum absolute atomic E-state index is 10.8. The molecule has 0 N–H and O–H groups in total. The van der Waals surface area contributed by atoms with Crippen molar-refractivity contribution < 1.29 is 19.0 Å². The van der Waals surface area contributed by atoms with Crippen LogP contribution < -0.4 is 0 Å². The standard InChI is InChI=1S/C8H14O4/c1-6-3-4-11-8(12-6)5-7(9)10-2/h6,8H,3-5H2,1-2H3/t6-,8-/m0/s1. The molecule has 0 radical (unpaired) electrons. The maximum atomic E-state index is 10.8. The van der Waals surface area contributed by atoms with Gasteiger partial charge in [0.15, 0.2) is 6.29 Å². The highest BCUT2D eigenvalue weighted by atomic mass is 16.7. The molecule has 0 saturated carbocycles. The van der Waals surface area contributed by atoms with E-state index < -0.39 is 6.29 Å². The molecule has 0 bridgehead atoms. The van der Waals surface area contributed by atoms with E-state index in [1.165, 1.54) is 7.11 Å². The van der Waals surface area contributed by atoms with Crippen molar-refractivity contribution in [2.45, 2.75) is 32.2 Å². The van der Waals surface area contributed by atoms with Crippen LogP contribution in [0.1, 0.15) is 19.8 Å². The summed E-state index contributed by atoms with van der Waals surface area (Å²) >= 11 is 0. The van der Waals surface area contributed by atoms with Gasteiger partial charge in [0.1, 0.15) is 0 Å². The first-order valence-corrected chi connectivity index (χ1v) is 4.06. The van der Waals surface area contributed by atoms with Crippen LogP contribution in [0.2, 0.25) is 0 Å². The SMILES string of the molecule is COC(=O)C[C@H]1OCC[C@H](C)O1. The van der Waals surface area contributed by atoms with E-state index >= 15 is 0 Å². The molecule has 4 heteroatoms. The molecule has 2 atom stereocenters. The second kappa shape index (κ2) is 4.42. The van der Waals surface area contributed by atoms with Gasteiger partial charge < -0.3 is 14.2 Å². The minimum Gasteiger partial charge on any atom is -0.469 e. The van der Waals surface area contributed by atoms with Crippen molar-refractivity contribution in [1.29, 1.82) is 0 Å². The number of carbonyl (C=O) groups excluding carboxylic acids is 1. The lowest BCUT2D eigenvalue weighted by atomic mass is 10.2. The van der Waals surface area contributed by atoms with E-state index in [1.807, 2.05) is 6.92 Å². The molecule has 1 aliphatic heterocycles. The topological polar surface area (TPSA) is 44.8 Å². The lowest BCUT2D eigenvalue weighted by Gasteiger charge is -2.27. The van der Waals surface area contributed by atoms with Gasteiger partial charge >= 0.3 is 5.97 Å². The van der Waals surface area contributed by atoms with Crippen molar-refractivity contribution in [3.63, 3.8) is 0 Å². The van der Waals surface area contributed by atoms with Crippen LogP contribution in [0, 0.1) is 0 Å². The largest absolute Gasteiger partial charge is 0.469 e. The van der Waals surface area contributed by atoms with Crippen molar-refractivity contribution in [2.24, 2.45) is 0 Å². The number of methoxy groups -OCH3 is 1. The fraction of sp³-hybridized carbons (Fsp3) is 0.875. The molecule has 0 aromatic carbocycles. The van der Waals surface area contributed by atoms with E-state index in [0.717, 1.165) is 6.42 Å². The van der Waals surface area contributed by atoms with E-state index in [9.17, 15) is 4.79 Å². The highest BCUT2D eigenvalue weighted by Crippen LogP contribution is 2.14. The van der Waals surface area contributed by atoms with Gasteiger partial charge in [0.25, 0.3) is 0 Å². The predicted molar refractivity (Wildman–Crippen MR) is 41.5 cm³/mol. The highest BCUT2D eigenvalue weighted by Gasteiger charge is 2.22. The van der Waals surface area contributed by atoms with Crippen molar-refractivity contribution in [3.8, 4) is 0 Å². The Morgan fingerprint density at radius 3 is 3.00 bits per heavy atom. The monoisotopic (exact) mass is 174 g/mol. The Labute approximate surface area is 71.8 Å². The summed E-state index contributed by atoms with van der Waals surface area (Å²) in [6.07, 6.45) is 0.827. The van der Waals surface area contributed by atoms with Crippen molar-refractivity contribution in [3.05, 3.63) is 0 Å². The van der Waals surface area contributed by atoms with Gasteiger partial charge in [0.05, 0.1) is 26.2 Å². The molecule has 1 rings (SSSR count). The number of esters is 1. The smallest absolute Gasteiger partial charge is 0.310 e. The Morgan fingerprint density at radius 2 is 2.42 bits per heavy atom. The average molecular weight is 174 g/mol. The Bertz CT molecular complexity index is 157. The first kappa shape index (κ1) is 9.48. The van der Waals surface area contributed by atoms with E-state index in [0.29, 0.717) is 6.61 Å². The first-order chi connectivity index (χ1) is 5.72. The molecule has 0 aromatic heterocycles. The Morgan fingerprint density at radius 1 is 1.67 bits per heavy atom. The van der Waals surface area contributed by atoms with Crippen LogP contribution in [0.15, 0.2) is 0 Å². The van der Waals surface area contributed by atoms with Gasteiger partial charge in [-0.2, -0.15) is 0 Å².